The number of anilines is 2. The van der Waals surface area contributed by atoms with Gasteiger partial charge in [0.1, 0.15) is 17.4 Å². The number of imidazole rings is 1. The van der Waals surface area contributed by atoms with Gasteiger partial charge in [-0.2, -0.15) is 0 Å². The number of nitrogen functional groups attached to an aromatic ring is 2. The summed E-state index contributed by atoms with van der Waals surface area (Å²) in [6, 6.07) is 0.410. The topological polar surface area (TPSA) is 86.0 Å². The van der Waals surface area contributed by atoms with Crippen molar-refractivity contribution in [2.75, 3.05) is 23.0 Å². The molecule has 0 spiro atoms. The summed E-state index contributed by atoms with van der Waals surface area (Å²) in [5.74, 6) is 6.45. The first kappa shape index (κ1) is 11.1. The number of aryl methyl sites for hydroxylation is 1. The van der Waals surface area contributed by atoms with E-state index in [0.29, 0.717) is 17.4 Å². The van der Waals surface area contributed by atoms with Crippen molar-refractivity contribution in [2.45, 2.75) is 32.7 Å². The van der Waals surface area contributed by atoms with Gasteiger partial charge in [0, 0.05) is 12.6 Å². The van der Waals surface area contributed by atoms with Crippen LogP contribution in [0.5, 0.6) is 0 Å². The molecule has 3 rings (SSSR count). The molecule has 3 heterocycles. The molecule has 0 unspecified atom stereocenters. The van der Waals surface area contributed by atoms with Crippen LogP contribution < -0.4 is 16.5 Å². The van der Waals surface area contributed by atoms with E-state index in [2.05, 4.69) is 28.7 Å². The molecule has 0 aromatic carbocycles. The van der Waals surface area contributed by atoms with Crippen molar-refractivity contribution < 1.29 is 0 Å². The molecule has 1 aliphatic heterocycles. The fraction of sp³-hybridized carbons (Fsp3) is 0.500. The van der Waals surface area contributed by atoms with Gasteiger partial charge in [-0.3, -0.25) is 0 Å². The Labute approximate surface area is 106 Å². The van der Waals surface area contributed by atoms with Crippen LogP contribution in [-0.4, -0.2) is 27.2 Å². The Morgan fingerprint density at radius 2 is 2.17 bits per heavy atom. The maximum atomic E-state index is 5.98. The number of aromatic nitrogens is 3. The standard InChI is InChI=1S/C12H18N6/c1-7(2)17-5-3-4-8-10(17)11-9(12(13)16-8)15-6-18(11)14/h6-7H,3-5,14H2,1-2H3,(H2,13,16). The first-order valence-electron chi connectivity index (χ1n) is 6.26. The molecule has 0 saturated heterocycles. The summed E-state index contributed by atoms with van der Waals surface area (Å²) in [6.07, 6.45) is 3.64. The first-order chi connectivity index (χ1) is 8.59. The smallest absolute Gasteiger partial charge is 0.152 e. The second-order valence-corrected chi connectivity index (χ2v) is 5.03. The number of nitrogens with two attached hydrogens (primary N) is 2. The Kier molecular flexibility index (Phi) is 2.33. The molecule has 4 N–H and O–H groups in total. The molecule has 6 nitrogen and oxygen atoms in total. The lowest BCUT2D eigenvalue weighted by molar-refractivity contribution is 0.619. The van der Waals surface area contributed by atoms with Crippen LogP contribution in [0.2, 0.25) is 0 Å². The Balaban J connectivity index is 2.35. The highest BCUT2D eigenvalue weighted by atomic mass is 15.3. The van der Waals surface area contributed by atoms with E-state index in [4.69, 9.17) is 11.6 Å². The Morgan fingerprint density at radius 3 is 2.89 bits per heavy atom. The van der Waals surface area contributed by atoms with Crippen LogP contribution in [0, 0.1) is 0 Å². The normalized spacial score (nSPS) is 15.4. The van der Waals surface area contributed by atoms with Gasteiger partial charge in [-0.25, -0.2) is 14.6 Å². The predicted molar refractivity (Wildman–Crippen MR) is 72.9 cm³/mol. The monoisotopic (exact) mass is 246 g/mol. The van der Waals surface area contributed by atoms with Gasteiger partial charge >= 0.3 is 0 Å². The predicted octanol–water partition coefficient (Wildman–Crippen LogP) is 0.888. The van der Waals surface area contributed by atoms with E-state index in [1.54, 1.807) is 11.0 Å². The summed E-state index contributed by atoms with van der Waals surface area (Å²) in [4.78, 5) is 11.1. The summed E-state index contributed by atoms with van der Waals surface area (Å²) in [7, 11) is 0. The van der Waals surface area contributed by atoms with Crippen LogP contribution >= 0.6 is 0 Å². The average Bonchev–Trinajstić information content (AvgIpc) is 2.71. The lowest BCUT2D eigenvalue weighted by atomic mass is 10.0. The van der Waals surface area contributed by atoms with Crippen molar-refractivity contribution in [3.8, 4) is 0 Å². The third kappa shape index (κ3) is 1.41. The van der Waals surface area contributed by atoms with Crippen LogP contribution in [0.3, 0.4) is 0 Å². The van der Waals surface area contributed by atoms with E-state index >= 15 is 0 Å². The van der Waals surface area contributed by atoms with Gasteiger partial charge in [0.25, 0.3) is 0 Å². The van der Waals surface area contributed by atoms with E-state index in [9.17, 15) is 0 Å². The lowest BCUT2D eigenvalue weighted by Gasteiger charge is -2.34. The van der Waals surface area contributed by atoms with Crippen molar-refractivity contribution >= 4 is 22.5 Å². The molecule has 0 atom stereocenters. The van der Waals surface area contributed by atoms with E-state index < -0.39 is 0 Å². The first-order valence-corrected chi connectivity index (χ1v) is 6.26. The van der Waals surface area contributed by atoms with Gasteiger partial charge < -0.3 is 16.5 Å². The zero-order chi connectivity index (χ0) is 12.9. The molecule has 2 aromatic rings. The second-order valence-electron chi connectivity index (χ2n) is 5.03. The minimum absolute atomic E-state index is 0.410. The summed E-state index contributed by atoms with van der Waals surface area (Å²) >= 11 is 0. The summed E-state index contributed by atoms with van der Waals surface area (Å²) in [6.45, 7) is 5.37. The Morgan fingerprint density at radius 1 is 1.39 bits per heavy atom. The van der Waals surface area contributed by atoms with E-state index in [-0.39, 0.29) is 0 Å². The molecular formula is C12H18N6. The quantitative estimate of drug-likeness (QED) is 0.730. The van der Waals surface area contributed by atoms with Gasteiger partial charge in [0.05, 0.1) is 11.4 Å². The number of rotatable bonds is 1. The molecule has 0 amide bonds. The molecule has 0 aliphatic carbocycles. The fourth-order valence-corrected chi connectivity index (χ4v) is 2.69. The number of hydrogen-bond donors (Lipinski definition) is 2. The van der Waals surface area contributed by atoms with Crippen molar-refractivity contribution in [1.82, 2.24) is 14.6 Å². The molecule has 2 aromatic heterocycles. The van der Waals surface area contributed by atoms with Crippen LogP contribution in [-0.2, 0) is 6.42 Å². The minimum atomic E-state index is 0.410. The average molecular weight is 246 g/mol. The second kappa shape index (κ2) is 3.76. The highest BCUT2D eigenvalue weighted by Crippen LogP contribution is 2.35. The minimum Gasteiger partial charge on any atom is -0.382 e. The van der Waals surface area contributed by atoms with Crippen molar-refractivity contribution in [2.24, 2.45) is 0 Å². The SMILES string of the molecule is CC(C)N1CCCc2nc(N)c3ncn(N)c3c21. The van der Waals surface area contributed by atoms with Crippen LogP contribution in [0.1, 0.15) is 26.0 Å². The van der Waals surface area contributed by atoms with Gasteiger partial charge in [0.15, 0.2) is 5.82 Å². The van der Waals surface area contributed by atoms with Crippen LogP contribution in [0.4, 0.5) is 11.5 Å². The zero-order valence-electron chi connectivity index (χ0n) is 10.7. The lowest BCUT2D eigenvalue weighted by Crippen LogP contribution is -2.36. The molecular weight excluding hydrogens is 228 g/mol. The van der Waals surface area contributed by atoms with Gasteiger partial charge in [0.2, 0.25) is 0 Å². The van der Waals surface area contributed by atoms with Crippen molar-refractivity contribution in [3.63, 3.8) is 0 Å². The summed E-state index contributed by atoms with van der Waals surface area (Å²) < 4.78 is 1.55. The van der Waals surface area contributed by atoms with Gasteiger partial charge in [-0.1, -0.05) is 0 Å². The molecule has 1 aliphatic rings. The van der Waals surface area contributed by atoms with Crippen molar-refractivity contribution in [3.05, 3.63) is 12.0 Å². The molecule has 0 bridgehead atoms. The molecule has 96 valence electrons. The summed E-state index contributed by atoms with van der Waals surface area (Å²) in [5.41, 5.74) is 9.68. The van der Waals surface area contributed by atoms with Gasteiger partial charge in [-0.15, -0.1) is 0 Å². The molecule has 0 radical (unpaired) electrons. The third-order valence-corrected chi connectivity index (χ3v) is 3.51. The van der Waals surface area contributed by atoms with Gasteiger partial charge in [-0.05, 0) is 26.7 Å². The van der Waals surface area contributed by atoms with E-state index in [1.807, 2.05) is 0 Å². The van der Waals surface area contributed by atoms with E-state index in [0.717, 1.165) is 36.3 Å². The Bertz CT molecular complexity index is 600. The molecule has 0 saturated carbocycles. The molecule has 0 fully saturated rings. The highest BCUT2D eigenvalue weighted by Gasteiger charge is 2.26. The summed E-state index contributed by atoms with van der Waals surface area (Å²) in [5, 5.41) is 0. The fourth-order valence-electron chi connectivity index (χ4n) is 2.69. The highest BCUT2D eigenvalue weighted by molar-refractivity contribution is 5.96. The maximum absolute atomic E-state index is 5.98. The maximum Gasteiger partial charge on any atom is 0.152 e. The number of nitrogens with zero attached hydrogens (tertiary/aromatic N) is 4. The van der Waals surface area contributed by atoms with E-state index in [1.165, 1.54) is 0 Å². The largest absolute Gasteiger partial charge is 0.382 e. The number of hydrogen-bond acceptors (Lipinski definition) is 5. The number of pyridine rings is 1. The zero-order valence-corrected chi connectivity index (χ0v) is 10.7. The Hall–Kier alpha value is -1.98. The number of fused-ring (bicyclic) bond motifs is 3. The van der Waals surface area contributed by atoms with Crippen LogP contribution in [0.15, 0.2) is 6.33 Å². The molecule has 6 heteroatoms. The molecule has 18 heavy (non-hydrogen) atoms. The van der Waals surface area contributed by atoms with Crippen LogP contribution in [0.25, 0.3) is 11.0 Å². The van der Waals surface area contributed by atoms with Crippen molar-refractivity contribution in [1.29, 1.82) is 0 Å². The third-order valence-electron chi connectivity index (χ3n) is 3.51.